The maximum Gasteiger partial charge on any atom is 0.255 e. The first kappa shape index (κ1) is 17.5. The molecule has 0 aliphatic carbocycles. The van der Waals surface area contributed by atoms with Crippen molar-refractivity contribution < 1.29 is 19.0 Å². The fourth-order valence-corrected chi connectivity index (χ4v) is 3.84. The highest BCUT2D eigenvalue weighted by Gasteiger charge is 2.49. The van der Waals surface area contributed by atoms with Crippen LogP contribution in [0.15, 0.2) is 18.2 Å². The average Bonchev–Trinajstić information content (AvgIpc) is 2.58. The van der Waals surface area contributed by atoms with E-state index in [1.54, 1.807) is 37.3 Å². The Balaban J connectivity index is 1.62. The molecule has 0 bridgehead atoms. The lowest BCUT2D eigenvalue weighted by atomic mass is 9.79. The third-order valence-corrected chi connectivity index (χ3v) is 5.30. The molecule has 0 aromatic heterocycles. The van der Waals surface area contributed by atoms with E-state index in [0.29, 0.717) is 35.3 Å². The number of hydrogen-bond acceptors (Lipinski definition) is 4. The molecule has 24 heavy (non-hydrogen) atoms. The maximum absolute atomic E-state index is 12.7. The van der Waals surface area contributed by atoms with Crippen LogP contribution in [-0.2, 0) is 9.47 Å². The summed E-state index contributed by atoms with van der Waals surface area (Å²) >= 11 is 6.18. The maximum atomic E-state index is 12.7. The Morgan fingerprint density at radius 2 is 2.21 bits per heavy atom. The largest absolute Gasteiger partial charge is 0.497 e. The van der Waals surface area contributed by atoms with E-state index in [1.807, 2.05) is 0 Å². The standard InChI is InChI=1S/C18H24ClNO4/c1-22-7-5-13-6-8-24-18(10-13)11-20(12-18)17(21)15-9-14(23-2)3-4-16(15)19/h3-4,9,13H,5-8,10-12H2,1-2H3/t13-/m0/s1. The molecule has 2 fully saturated rings. The molecule has 3 rings (SSSR count). The Morgan fingerprint density at radius 1 is 1.42 bits per heavy atom. The molecule has 0 unspecified atom stereocenters. The van der Waals surface area contributed by atoms with Crippen molar-refractivity contribution in [2.75, 3.05) is 40.5 Å². The highest BCUT2D eigenvalue weighted by molar-refractivity contribution is 6.33. The second-order valence-electron chi connectivity index (χ2n) is 6.68. The number of ether oxygens (including phenoxy) is 3. The molecule has 132 valence electrons. The molecule has 1 spiro atoms. The predicted molar refractivity (Wildman–Crippen MR) is 91.8 cm³/mol. The van der Waals surface area contributed by atoms with Crippen molar-refractivity contribution in [3.05, 3.63) is 28.8 Å². The van der Waals surface area contributed by atoms with E-state index in [2.05, 4.69) is 0 Å². The van der Waals surface area contributed by atoms with Crippen LogP contribution >= 0.6 is 11.6 Å². The van der Waals surface area contributed by atoms with Crippen LogP contribution in [0.4, 0.5) is 0 Å². The van der Waals surface area contributed by atoms with E-state index >= 15 is 0 Å². The van der Waals surface area contributed by atoms with Gasteiger partial charge in [0.2, 0.25) is 0 Å². The first-order chi connectivity index (χ1) is 11.6. The Bertz CT molecular complexity index is 601. The number of likely N-dealkylation sites (tertiary alicyclic amines) is 1. The minimum atomic E-state index is -0.183. The van der Waals surface area contributed by atoms with Gasteiger partial charge in [0.05, 0.1) is 30.8 Å². The molecule has 6 heteroatoms. The molecule has 1 aromatic carbocycles. The summed E-state index contributed by atoms with van der Waals surface area (Å²) in [5.41, 5.74) is 0.301. The molecule has 1 aromatic rings. The van der Waals surface area contributed by atoms with Crippen LogP contribution < -0.4 is 4.74 Å². The Kier molecular flexibility index (Phi) is 5.33. The van der Waals surface area contributed by atoms with E-state index in [4.69, 9.17) is 25.8 Å². The summed E-state index contributed by atoms with van der Waals surface area (Å²) in [5, 5.41) is 0.448. The van der Waals surface area contributed by atoms with Crippen molar-refractivity contribution in [3.8, 4) is 5.75 Å². The van der Waals surface area contributed by atoms with Gasteiger partial charge >= 0.3 is 0 Å². The number of nitrogens with zero attached hydrogens (tertiary/aromatic N) is 1. The highest BCUT2D eigenvalue weighted by atomic mass is 35.5. The second kappa shape index (κ2) is 7.30. The normalized spacial score (nSPS) is 22.3. The molecule has 0 N–H and O–H groups in total. The lowest BCUT2D eigenvalue weighted by Gasteiger charge is -2.53. The molecule has 2 saturated heterocycles. The van der Waals surface area contributed by atoms with Gasteiger partial charge < -0.3 is 19.1 Å². The number of hydrogen-bond donors (Lipinski definition) is 0. The van der Waals surface area contributed by atoms with Crippen LogP contribution in [0.5, 0.6) is 5.75 Å². The third-order valence-electron chi connectivity index (χ3n) is 4.97. The predicted octanol–water partition coefficient (Wildman–Crippen LogP) is 3.01. The van der Waals surface area contributed by atoms with Gasteiger partial charge in [-0.3, -0.25) is 4.79 Å². The molecule has 0 saturated carbocycles. The molecule has 0 radical (unpaired) electrons. The Hall–Kier alpha value is -1.30. The molecule has 2 aliphatic rings. The Labute approximate surface area is 147 Å². The minimum absolute atomic E-state index is 0.0628. The third kappa shape index (κ3) is 3.53. The lowest BCUT2D eigenvalue weighted by Crippen LogP contribution is -2.66. The number of carbonyl (C=O) groups excluding carboxylic acids is 1. The number of benzene rings is 1. The van der Waals surface area contributed by atoms with E-state index in [-0.39, 0.29) is 11.5 Å². The number of rotatable bonds is 5. The van der Waals surface area contributed by atoms with Crippen LogP contribution in [0.3, 0.4) is 0 Å². The van der Waals surface area contributed by atoms with E-state index in [1.165, 1.54) is 0 Å². The molecular formula is C18H24ClNO4. The van der Waals surface area contributed by atoms with Gasteiger partial charge in [0, 0.05) is 20.3 Å². The fraction of sp³-hybridized carbons (Fsp3) is 0.611. The summed E-state index contributed by atoms with van der Waals surface area (Å²) in [5.74, 6) is 1.18. The van der Waals surface area contributed by atoms with Gasteiger partial charge in [-0.2, -0.15) is 0 Å². The van der Waals surface area contributed by atoms with Crippen LogP contribution in [0.1, 0.15) is 29.6 Å². The second-order valence-corrected chi connectivity index (χ2v) is 7.09. The van der Waals surface area contributed by atoms with E-state index < -0.39 is 0 Å². The van der Waals surface area contributed by atoms with Gasteiger partial charge in [0.1, 0.15) is 11.4 Å². The van der Waals surface area contributed by atoms with Gasteiger partial charge in [-0.15, -0.1) is 0 Å². The van der Waals surface area contributed by atoms with Crippen molar-refractivity contribution in [2.24, 2.45) is 5.92 Å². The van der Waals surface area contributed by atoms with Crippen LogP contribution in [0.25, 0.3) is 0 Å². The molecule has 1 amide bonds. The molecule has 5 nitrogen and oxygen atoms in total. The van der Waals surface area contributed by atoms with Crippen molar-refractivity contribution in [2.45, 2.75) is 24.9 Å². The van der Waals surface area contributed by atoms with Crippen LogP contribution in [-0.4, -0.2) is 56.9 Å². The number of carbonyl (C=O) groups is 1. The monoisotopic (exact) mass is 353 g/mol. The molecule has 2 aliphatic heterocycles. The Morgan fingerprint density at radius 3 is 2.92 bits per heavy atom. The van der Waals surface area contributed by atoms with Crippen molar-refractivity contribution in [1.29, 1.82) is 0 Å². The van der Waals surface area contributed by atoms with Crippen molar-refractivity contribution in [1.82, 2.24) is 4.90 Å². The number of amides is 1. The zero-order valence-corrected chi connectivity index (χ0v) is 15.0. The minimum Gasteiger partial charge on any atom is -0.497 e. The van der Waals surface area contributed by atoms with E-state index in [0.717, 1.165) is 32.5 Å². The molecular weight excluding hydrogens is 330 g/mol. The molecule has 1 atom stereocenters. The number of halogens is 1. The van der Waals surface area contributed by atoms with Crippen molar-refractivity contribution >= 4 is 17.5 Å². The van der Waals surface area contributed by atoms with Crippen LogP contribution in [0.2, 0.25) is 5.02 Å². The zero-order valence-electron chi connectivity index (χ0n) is 14.2. The van der Waals surface area contributed by atoms with Gasteiger partial charge in [0.15, 0.2) is 0 Å². The summed E-state index contributed by atoms with van der Waals surface area (Å²) in [7, 11) is 3.31. The summed E-state index contributed by atoms with van der Waals surface area (Å²) in [6.07, 6.45) is 3.12. The highest BCUT2D eigenvalue weighted by Crippen LogP contribution is 2.39. The van der Waals surface area contributed by atoms with Crippen LogP contribution in [0, 0.1) is 5.92 Å². The number of methoxy groups -OCH3 is 2. The smallest absolute Gasteiger partial charge is 0.255 e. The SMILES string of the molecule is COCC[C@H]1CCOC2(C1)CN(C(=O)c1cc(OC)ccc1Cl)C2. The van der Waals surface area contributed by atoms with Gasteiger partial charge in [0.25, 0.3) is 5.91 Å². The zero-order chi connectivity index (χ0) is 17.2. The summed E-state index contributed by atoms with van der Waals surface area (Å²) in [4.78, 5) is 14.5. The van der Waals surface area contributed by atoms with Gasteiger partial charge in [-0.05, 0) is 43.4 Å². The average molecular weight is 354 g/mol. The quantitative estimate of drug-likeness (QED) is 0.816. The van der Waals surface area contributed by atoms with Crippen molar-refractivity contribution in [3.63, 3.8) is 0 Å². The summed E-state index contributed by atoms with van der Waals surface area (Å²) in [6.45, 7) is 2.80. The van der Waals surface area contributed by atoms with Gasteiger partial charge in [-0.1, -0.05) is 11.6 Å². The molecule has 2 heterocycles. The first-order valence-electron chi connectivity index (χ1n) is 8.32. The summed E-state index contributed by atoms with van der Waals surface area (Å²) in [6, 6.07) is 5.14. The lowest BCUT2D eigenvalue weighted by molar-refractivity contribution is -0.167. The fourth-order valence-electron chi connectivity index (χ4n) is 3.64. The first-order valence-corrected chi connectivity index (χ1v) is 8.70. The summed E-state index contributed by atoms with van der Waals surface area (Å²) < 4.78 is 16.4. The van der Waals surface area contributed by atoms with Gasteiger partial charge in [-0.25, -0.2) is 0 Å². The topological polar surface area (TPSA) is 48.0 Å². The van der Waals surface area contributed by atoms with E-state index in [9.17, 15) is 4.79 Å².